The Hall–Kier alpha value is -1.68. The van der Waals surface area contributed by atoms with E-state index in [1.54, 1.807) is 6.07 Å². The molecule has 1 aromatic carbocycles. The first-order valence-electron chi connectivity index (χ1n) is 9.53. The Labute approximate surface area is 158 Å². The maximum Gasteiger partial charge on any atom is 0.323 e. The highest BCUT2D eigenvalue weighted by atomic mass is 32.2. The van der Waals surface area contributed by atoms with Crippen molar-refractivity contribution < 1.29 is 13.2 Å². The van der Waals surface area contributed by atoms with Gasteiger partial charge in [0, 0.05) is 25.2 Å². The SMILES string of the molecule is O=c1[nH]c2ccc(S(=O)(=O)NCC3(N4CCOCC4)CCCCC3)cc2[nH]1. The Balaban J connectivity index is 1.55. The molecule has 2 heterocycles. The van der Waals surface area contributed by atoms with Gasteiger partial charge >= 0.3 is 5.69 Å². The lowest BCUT2D eigenvalue weighted by molar-refractivity contribution is -0.0348. The van der Waals surface area contributed by atoms with Crippen LogP contribution in [0.5, 0.6) is 0 Å². The standard InChI is InChI=1S/C18H26N4O4S/c23-17-20-15-5-4-14(12-16(15)21-17)27(24,25)19-13-18(6-2-1-3-7-18)22-8-10-26-11-9-22/h4-5,12,19H,1-3,6-11,13H2,(H2,20,21,23). The number of rotatable bonds is 5. The number of hydrogen-bond acceptors (Lipinski definition) is 5. The minimum atomic E-state index is -3.66. The van der Waals surface area contributed by atoms with Crippen LogP contribution in [0.4, 0.5) is 0 Å². The normalized spacial score (nSPS) is 21.5. The summed E-state index contributed by atoms with van der Waals surface area (Å²) < 4.78 is 34.1. The number of aromatic nitrogens is 2. The number of ether oxygens (including phenoxy) is 1. The Morgan fingerprint density at radius 1 is 1.07 bits per heavy atom. The molecule has 1 saturated carbocycles. The molecule has 4 rings (SSSR count). The molecule has 0 radical (unpaired) electrons. The highest BCUT2D eigenvalue weighted by Crippen LogP contribution is 2.34. The predicted molar refractivity (Wildman–Crippen MR) is 102 cm³/mol. The van der Waals surface area contributed by atoms with Crippen LogP contribution in [-0.4, -0.2) is 61.7 Å². The van der Waals surface area contributed by atoms with E-state index in [1.165, 1.54) is 18.6 Å². The molecule has 1 aliphatic carbocycles. The molecule has 3 N–H and O–H groups in total. The number of H-pyrrole nitrogens is 2. The average Bonchev–Trinajstić information content (AvgIpc) is 3.07. The summed E-state index contributed by atoms with van der Waals surface area (Å²) in [5, 5.41) is 0. The molecule has 2 fully saturated rings. The van der Waals surface area contributed by atoms with Crippen LogP contribution in [0.2, 0.25) is 0 Å². The number of fused-ring (bicyclic) bond motifs is 1. The third-order valence-corrected chi connectivity index (χ3v) is 7.25. The van der Waals surface area contributed by atoms with Crippen LogP contribution in [-0.2, 0) is 14.8 Å². The summed E-state index contributed by atoms with van der Waals surface area (Å²) in [5.74, 6) is 0. The van der Waals surface area contributed by atoms with Crippen molar-refractivity contribution >= 4 is 21.1 Å². The van der Waals surface area contributed by atoms with Gasteiger partial charge in [0.25, 0.3) is 0 Å². The Morgan fingerprint density at radius 3 is 2.52 bits per heavy atom. The number of hydrogen-bond donors (Lipinski definition) is 3. The monoisotopic (exact) mass is 394 g/mol. The van der Waals surface area contributed by atoms with Crippen LogP contribution in [0, 0.1) is 0 Å². The van der Waals surface area contributed by atoms with Crippen LogP contribution < -0.4 is 10.4 Å². The summed E-state index contributed by atoms with van der Waals surface area (Å²) in [6.45, 7) is 3.49. The zero-order chi connectivity index (χ0) is 18.9. The molecule has 2 aromatic rings. The van der Waals surface area contributed by atoms with E-state index in [2.05, 4.69) is 19.6 Å². The fourth-order valence-electron chi connectivity index (χ4n) is 4.34. The van der Waals surface area contributed by atoms with E-state index >= 15 is 0 Å². The maximum atomic E-state index is 12.9. The average molecular weight is 394 g/mol. The highest BCUT2D eigenvalue weighted by Gasteiger charge is 2.39. The smallest absolute Gasteiger partial charge is 0.323 e. The second kappa shape index (κ2) is 7.38. The predicted octanol–water partition coefficient (Wildman–Crippen LogP) is 1.17. The van der Waals surface area contributed by atoms with Gasteiger partial charge in [-0.25, -0.2) is 17.9 Å². The first kappa shape index (κ1) is 18.7. The van der Waals surface area contributed by atoms with E-state index < -0.39 is 10.0 Å². The number of nitrogens with zero attached hydrogens (tertiary/aromatic N) is 1. The van der Waals surface area contributed by atoms with Crippen molar-refractivity contribution in [1.82, 2.24) is 19.6 Å². The lowest BCUT2D eigenvalue weighted by Gasteiger charge is -2.48. The summed E-state index contributed by atoms with van der Waals surface area (Å²) in [4.78, 5) is 19.2. The van der Waals surface area contributed by atoms with E-state index in [4.69, 9.17) is 4.74 Å². The van der Waals surface area contributed by atoms with Crippen molar-refractivity contribution in [2.75, 3.05) is 32.8 Å². The summed E-state index contributed by atoms with van der Waals surface area (Å²) in [7, 11) is -3.66. The molecule has 0 bridgehead atoms. The third kappa shape index (κ3) is 3.82. The molecule has 8 nitrogen and oxygen atoms in total. The van der Waals surface area contributed by atoms with E-state index in [0.29, 0.717) is 30.8 Å². The van der Waals surface area contributed by atoms with Crippen LogP contribution in [0.15, 0.2) is 27.9 Å². The van der Waals surface area contributed by atoms with Crippen molar-refractivity contribution in [3.05, 3.63) is 28.7 Å². The van der Waals surface area contributed by atoms with Crippen molar-refractivity contribution in [3.8, 4) is 0 Å². The number of nitrogens with one attached hydrogen (secondary N) is 3. The molecule has 1 aliphatic heterocycles. The summed E-state index contributed by atoms with van der Waals surface area (Å²) in [5.41, 5.74) is 0.599. The van der Waals surface area contributed by atoms with Crippen LogP contribution >= 0.6 is 0 Å². The molecule has 1 aromatic heterocycles. The maximum absolute atomic E-state index is 12.9. The molecule has 0 amide bonds. The fourth-order valence-corrected chi connectivity index (χ4v) is 5.49. The molecule has 148 valence electrons. The topological polar surface area (TPSA) is 107 Å². The van der Waals surface area contributed by atoms with Crippen molar-refractivity contribution in [3.63, 3.8) is 0 Å². The second-order valence-electron chi connectivity index (χ2n) is 7.50. The lowest BCUT2D eigenvalue weighted by Crippen LogP contribution is -2.59. The Kier molecular flexibility index (Phi) is 5.11. The van der Waals surface area contributed by atoms with Crippen LogP contribution in [0.25, 0.3) is 11.0 Å². The molecular weight excluding hydrogens is 368 g/mol. The molecule has 0 spiro atoms. The minimum absolute atomic E-state index is 0.137. The minimum Gasteiger partial charge on any atom is -0.379 e. The molecule has 0 unspecified atom stereocenters. The Morgan fingerprint density at radius 2 is 1.78 bits per heavy atom. The summed E-state index contributed by atoms with van der Waals surface area (Å²) in [6, 6.07) is 4.63. The lowest BCUT2D eigenvalue weighted by atomic mass is 9.80. The van der Waals surface area contributed by atoms with E-state index in [1.807, 2.05) is 0 Å². The molecular formula is C18H26N4O4S. The van der Waals surface area contributed by atoms with Gasteiger partial charge in [-0.05, 0) is 31.0 Å². The van der Waals surface area contributed by atoms with Gasteiger partial charge in [-0.15, -0.1) is 0 Å². The number of imidazole rings is 1. The van der Waals surface area contributed by atoms with Gasteiger partial charge in [0.2, 0.25) is 10.0 Å². The van der Waals surface area contributed by atoms with Crippen molar-refractivity contribution in [1.29, 1.82) is 0 Å². The van der Waals surface area contributed by atoms with Gasteiger partial charge in [0.05, 0.1) is 29.1 Å². The first-order chi connectivity index (χ1) is 13.0. The quantitative estimate of drug-likeness (QED) is 0.706. The van der Waals surface area contributed by atoms with Gasteiger partial charge in [-0.1, -0.05) is 19.3 Å². The van der Waals surface area contributed by atoms with Crippen LogP contribution in [0.1, 0.15) is 32.1 Å². The van der Waals surface area contributed by atoms with Crippen molar-refractivity contribution in [2.24, 2.45) is 0 Å². The molecule has 0 atom stereocenters. The largest absolute Gasteiger partial charge is 0.379 e. The van der Waals surface area contributed by atoms with Crippen LogP contribution in [0.3, 0.4) is 0 Å². The van der Waals surface area contributed by atoms with E-state index in [-0.39, 0.29) is 16.1 Å². The number of sulfonamides is 1. The van der Waals surface area contributed by atoms with Gasteiger partial charge < -0.3 is 14.7 Å². The van der Waals surface area contributed by atoms with Gasteiger partial charge in [0.1, 0.15) is 0 Å². The van der Waals surface area contributed by atoms with Gasteiger partial charge in [-0.2, -0.15) is 0 Å². The highest BCUT2D eigenvalue weighted by molar-refractivity contribution is 7.89. The Bertz CT molecular complexity index is 953. The zero-order valence-corrected chi connectivity index (χ0v) is 16.1. The number of benzene rings is 1. The third-order valence-electron chi connectivity index (χ3n) is 5.86. The van der Waals surface area contributed by atoms with Crippen molar-refractivity contribution in [2.45, 2.75) is 42.5 Å². The molecule has 1 saturated heterocycles. The molecule has 27 heavy (non-hydrogen) atoms. The summed E-state index contributed by atoms with van der Waals surface area (Å²) in [6.07, 6.45) is 5.45. The van der Waals surface area contributed by atoms with Gasteiger partial charge in [-0.3, -0.25) is 4.90 Å². The van der Waals surface area contributed by atoms with Gasteiger partial charge in [0.15, 0.2) is 0 Å². The first-order valence-corrected chi connectivity index (χ1v) is 11.0. The fraction of sp³-hybridized carbons (Fsp3) is 0.611. The van der Waals surface area contributed by atoms with E-state index in [0.717, 1.165) is 38.8 Å². The second-order valence-corrected chi connectivity index (χ2v) is 9.26. The molecule has 2 aliphatic rings. The number of morpholine rings is 1. The molecule has 9 heteroatoms. The number of aromatic amines is 2. The summed E-state index contributed by atoms with van der Waals surface area (Å²) >= 11 is 0. The zero-order valence-electron chi connectivity index (χ0n) is 15.3. The van der Waals surface area contributed by atoms with E-state index in [9.17, 15) is 13.2 Å².